The molecule has 21 heavy (non-hydrogen) atoms. The molecule has 0 spiro atoms. The third kappa shape index (κ3) is 4.22. The first-order chi connectivity index (χ1) is 9.95. The number of carbonyl (C=O) groups excluding carboxylic acids is 1. The molecule has 112 valence electrons. The maximum absolute atomic E-state index is 10.8. The Morgan fingerprint density at radius 1 is 1.29 bits per heavy atom. The number of carbonyl (C=O) groups is 1. The molecular formula is C14H18N4O2S. The number of aryl methyl sites for hydroxylation is 2. The Morgan fingerprint density at radius 3 is 2.57 bits per heavy atom. The van der Waals surface area contributed by atoms with Gasteiger partial charge in [0.1, 0.15) is 12.4 Å². The van der Waals surface area contributed by atoms with Crippen LogP contribution in [0, 0.1) is 13.8 Å². The summed E-state index contributed by atoms with van der Waals surface area (Å²) in [6.45, 7) is 4.38. The van der Waals surface area contributed by atoms with Gasteiger partial charge in [-0.2, -0.15) is 0 Å². The first kappa shape index (κ1) is 15.4. The van der Waals surface area contributed by atoms with Crippen molar-refractivity contribution in [2.45, 2.75) is 25.6 Å². The zero-order chi connectivity index (χ0) is 15.4. The highest BCUT2D eigenvalue weighted by molar-refractivity contribution is 7.99. The van der Waals surface area contributed by atoms with E-state index in [4.69, 9.17) is 10.5 Å². The molecule has 1 aromatic carbocycles. The largest absolute Gasteiger partial charge is 0.486 e. The number of hydrogen-bond donors (Lipinski definition) is 1. The minimum absolute atomic E-state index is 0.184. The van der Waals surface area contributed by atoms with Crippen molar-refractivity contribution in [2.75, 3.05) is 5.75 Å². The summed E-state index contributed by atoms with van der Waals surface area (Å²) in [5.74, 6) is 1.31. The Hall–Kier alpha value is -2.02. The van der Waals surface area contributed by atoms with Crippen LogP contribution in [0.15, 0.2) is 23.4 Å². The van der Waals surface area contributed by atoms with E-state index in [1.807, 2.05) is 33.0 Å². The fourth-order valence-electron chi connectivity index (χ4n) is 1.90. The molecule has 0 aliphatic heterocycles. The highest BCUT2D eigenvalue weighted by Gasteiger charge is 2.11. The summed E-state index contributed by atoms with van der Waals surface area (Å²) >= 11 is 1.26. The Morgan fingerprint density at radius 2 is 1.95 bits per heavy atom. The van der Waals surface area contributed by atoms with Gasteiger partial charge in [-0.1, -0.05) is 17.8 Å². The van der Waals surface area contributed by atoms with Gasteiger partial charge < -0.3 is 15.0 Å². The van der Waals surface area contributed by atoms with Gasteiger partial charge in [-0.15, -0.1) is 10.2 Å². The molecule has 2 rings (SSSR count). The maximum Gasteiger partial charge on any atom is 0.227 e. The minimum Gasteiger partial charge on any atom is -0.486 e. The van der Waals surface area contributed by atoms with Gasteiger partial charge >= 0.3 is 0 Å². The van der Waals surface area contributed by atoms with E-state index < -0.39 is 0 Å². The van der Waals surface area contributed by atoms with Crippen LogP contribution in [-0.4, -0.2) is 26.4 Å². The Balaban J connectivity index is 2.01. The molecule has 0 aliphatic carbocycles. The van der Waals surface area contributed by atoms with Crippen molar-refractivity contribution >= 4 is 17.7 Å². The molecule has 0 bridgehead atoms. The topological polar surface area (TPSA) is 83.0 Å². The van der Waals surface area contributed by atoms with Crippen LogP contribution in [0.3, 0.4) is 0 Å². The minimum atomic E-state index is -0.379. The number of nitrogens with zero attached hydrogens (tertiary/aromatic N) is 3. The number of thioether (sulfide) groups is 1. The summed E-state index contributed by atoms with van der Waals surface area (Å²) in [6.07, 6.45) is 0. The second kappa shape index (κ2) is 6.62. The molecule has 7 heteroatoms. The zero-order valence-electron chi connectivity index (χ0n) is 12.3. The van der Waals surface area contributed by atoms with Crippen LogP contribution in [0.25, 0.3) is 0 Å². The van der Waals surface area contributed by atoms with Crippen LogP contribution < -0.4 is 10.5 Å². The van der Waals surface area contributed by atoms with Crippen molar-refractivity contribution in [2.24, 2.45) is 12.8 Å². The van der Waals surface area contributed by atoms with Crippen LogP contribution >= 0.6 is 11.8 Å². The number of benzene rings is 1. The van der Waals surface area contributed by atoms with Gasteiger partial charge in [-0.25, -0.2) is 0 Å². The zero-order valence-corrected chi connectivity index (χ0v) is 13.1. The van der Waals surface area contributed by atoms with E-state index in [1.165, 1.54) is 11.8 Å². The molecule has 1 amide bonds. The summed E-state index contributed by atoms with van der Waals surface area (Å²) in [6, 6.07) is 6.05. The second-order valence-electron chi connectivity index (χ2n) is 4.82. The highest BCUT2D eigenvalue weighted by atomic mass is 32.2. The fourth-order valence-corrected chi connectivity index (χ4v) is 2.57. The summed E-state index contributed by atoms with van der Waals surface area (Å²) in [5.41, 5.74) is 7.43. The quantitative estimate of drug-likeness (QED) is 0.819. The van der Waals surface area contributed by atoms with E-state index in [0.29, 0.717) is 17.6 Å². The molecule has 1 heterocycles. The highest BCUT2D eigenvalue weighted by Crippen LogP contribution is 2.19. The molecule has 0 unspecified atom stereocenters. The molecule has 0 saturated carbocycles. The van der Waals surface area contributed by atoms with Crippen molar-refractivity contribution < 1.29 is 9.53 Å². The van der Waals surface area contributed by atoms with Gasteiger partial charge in [0, 0.05) is 7.05 Å². The summed E-state index contributed by atoms with van der Waals surface area (Å²) in [7, 11) is 1.84. The lowest BCUT2D eigenvalue weighted by atomic mass is 10.1. The molecular weight excluding hydrogens is 288 g/mol. The number of aromatic nitrogens is 3. The predicted molar refractivity (Wildman–Crippen MR) is 81.2 cm³/mol. The van der Waals surface area contributed by atoms with Gasteiger partial charge in [-0.05, 0) is 37.1 Å². The number of primary amides is 1. The molecule has 0 fully saturated rings. The Labute approximate surface area is 127 Å². The number of ether oxygens (including phenoxy) is 1. The van der Waals surface area contributed by atoms with Gasteiger partial charge in [0.25, 0.3) is 0 Å². The molecule has 0 saturated heterocycles. The lowest BCUT2D eigenvalue weighted by Crippen LogP contribution is -2.13. The summed E-state index contributed by atoms with van der Waals surface area (Å²) in [5, 5.41) is 8.74. The maximum atomic E-state index is 10.8. The number of amides is 1. The van der Waals surface area contributed by atoms with E-state index in [0.717, 1.165) is 16.9 Å². The van der Waals surface area contributed by atoms with E-state index in [1.54, 1.807) is 4.57 Å². The van der Waals surface area contributed by atoms with E-state index >= 15 is 0 Å². The fraction of sp³-hybridized carbons (Fsp3) is 0.357. The smallest absolute Gasteiger partial charge is 0.227 e. The molecule has 2 N–H and O–H groups in total. The second-order valence-corrected chi connectivity index (χ2v) is 5.77. The van der Waals surface area contributed by atoms with Crippen LogP contribution in [0.5, 0.6) is 5.75 Å². The number of hydrogen-bond acceptors (Lipinski definition) is 5. The van der Waals surface area contributed by atoms with Crippen molar-refractivity contribution in [1.29, 1.82) is 0 Å². The van der Waals surface area contributed by atoms with Crippen LogP contribution in [0.2, 0.25) is 0 Å². The van der Waals surface area contributed by atoms with E-state index in [2.05, 4.69) is 16.3 Å². The van der Waals surface area contributed by atoms with Crippen molar-refractivity contribution in [3.05, 3.63) is 35.2 Å². The average Bonchev–Trinajstić information content (AvgIpc) is 2.74. The normalized spacial score (nSPS) is 10.6. The third-order valence-electron chi connectivity index (χ3n) is 2.83. The lowest BCUT2D eigenvalue weighted by Gasteiger charge is -2.08. The Bertz CT molecular complexity index is 634. The molecule has 0 aliphatic rings. The lowest BCUT2D eigenvalue weighted by molar-refractivity contribution is -0.115. The summed E-state index contributed by atoms with van der Waals surface area (Å²) < 4.78 is 7.55. The monoisotopic (exact) mass is 306 g/mol. The first-order valence-electron chi connectivity index (χ1n) is 6.46. The van der Waals surface area contributed by atoms with Crippen LogP contribution in [0.1, 0.15) is 17.0 Å². The molecule has 0 atom stereocenters. The van der Waals surface area contributed by atoms with Gasteiger partial charge in [0.05, 0.1) is 5.75 Å². The Kier molecular flexibility index (Phi) is 4.85. The molecule has 0 radical (unpaired) electrons. The van der Waals surface area contributed by atoms with Crippen molar-refractivity contribution in [3.8, 4) is 5.75 Å². The summed E-state index contributed by atoms with van der Waals surface area (Å²) in [4.78, 5) is 10.8. The molecule has 1 aromatic heterocycles. The predicted octanol–water partition coefficient (Wildman–Crippen LogP) is 1.59. The van der Waals surface area contributed by atoms with Crippen LogP contribution in [0.4, 0.5) is 0 Å². The van der Waals surface area contributed by atoms with Crippen molar-refractivity contribution in [1.82, 2.24) is 14.8 Å². The third-order valence-corrected chi connectivity index (χ3v) is 3.87. The van der Waals surface area contributed by atoms with E-state index in [-0.39, 0.29) is 11.7 Å². The first-order valence-corrected chi connectivity index (χ1v) is 7.44. The molecule has 6 nitrogen and oxygen atoms in total. The average molecular weight is 306 g/mol. The van der Waals surface area contributed by atoms with Crippen LogP contribution in [-0.2, 0) is 18.4 Å². The van der Waals surface area contributed by atoms with Crippen molar-refractivity contribution in [3.63, 3.8) is 0 Å². The van der Waals surface area contributed by atoms with Gasteiger partial charge in [-0.3, -0.25) is 4.79 Å². The standard InChI is InChI=1S/C14H18N4O2S/c1-9-4-10(2)6-11(5-9)20-7-13-16-17-14(18(13)3)21-8-12(15)19/h4-6H,7-8H2,1-3H3,(H2,15,19). The molecule has 2 aromatic rings. The van der Waals surface area contributed by atoms with Gasteiger partial charge in [0.15, 0.2) is 11.0 Å². The number of nitrogens with two attached hydrogens (primary N) is 1. The SMILES string of the molecule is Cc1cc(C)cc(OCc2nnc(SCC(N)=O)n2C)c1. The van der Waals surface area contributed by atoms with E-state index in [9.17, 15) is 4.79 Å². The van der Waals surface area contributed by atoms with Gasteiger partial charge in [0.2, 0.25) is 5.91 Å². The number of rotatable bonds is 6.